The highest BCUT2D eigenvalue weighted by Gasteiger charge is 2.38. The molecule has 2 aliphatic rings. The Hall–Kier alpha value is -3.97. The zero-order valence-electron chi connectivity index (χ0n) is 21.3. The van der Waals surface area contributed by atoms with Crippen molar-refractivity contribution in [1.29, 1.82) is 0 Å². The number of benzene rings is 4. The Morgan fingerprint density at radius 2 is 0.917 bits per heavy atom. The van der Waals surface area contributed by atoms with Crippen LogP contribution in [0.3, 0.4) is 0 Å². The van der Waals surface area contributed by atoms with Crippen LogP contribution >= 0.6 is 0 Å². The summed E-state index contributed by atoms with van der Waals surface area (Å²) >= 11 is 0. The summed E-state index contributed by atoms with van der Waals surface area (Å²) < 4.78 is 0. The van der Waals surface area contributed by atoms with E-state index < -0.39 is 0 Å². The Bertz CT molecular complexity index is 1540. The smallest absolute Gasteiger partial charge is 0.0705 e. The number of fused-ring (bicyclic) bond motifs is 6. The van der Waals surface area contributed by atoms with E-state index in [-0.39, 0.29) is 10.8 Å². The monoisotopic (exact) mass is 463 g/mol. The number of rotatable bonds is 2. The van der Waals surface area contributed by atoms with E-state index in [1.54, 1.807) is 0 Å². The van der Waals surface area contributed by atoms with Crippen molar-refractivity contribution in [3.8, 4) is 44.6 Å². The van der Waals surface area contributed by atoms with E-state index in [1.807, 2.05) is 0 Å². The average molecular weight is 464 g/mol. The van der Waals surface area contributed by atoms with E-state index in [2.05, 4.69) is 131 Å². The van der Waals surface area contributed by atoms with Crippen LogP contribution in [0.25, 0.3) is 44.6 Å². The zero-order valence-corrected chi connectivity index (χ0v) is 21.3. The first-order valence-electron chi connectivity index (χ1n) is 12.8. The summed E-state index contributed by atoms with van der Waals surface area (Å²) in [7, 11) is 0. The lowest BCUT2D eigenvalue weighted by Crippen LogP contribution is -2.16. The van der Waals surface area contributed by atoms with Crippen LogP contribution in [0.5, 0.6) is 0 Å². The van der Waals surface area contributed by atoms with Crippen LogP contribution in [-0.2, 0) is 10.8 Å². The van der Waals surface area contributed by atoms with E-state index >= 15 is 0 Å². The van der Waals surface area contributed by atoms with Crippen LogP contribution in [0, 0.1) is 0 Å². The second-order valence-electron chi connectivity index (χ2n) is 11.2. The van der Waals surface area contributed by atoms with Crippen molar-refractivity contribution in [3.63, 3.8) is 0 Å². The summed E-state index contributed by atoms with van der Waals surface area (Å²) in [6.07, 6.45) is 2.07. The number of hydrogen-bond donors (Lipinski definition) is 0. The molecule has 1 heterocycles. The van der Waals surface area contributed by atoms with Crippen molar-refractivity contribution in [2.75, 3.05) is 0 Å². The minimum absolute atomic E-state index is 0.0444. The van der Waals surface area contributed by atoms with Gasteiger partial charge in [-0.15, -0.1) is 0 Å². The van der Waals surface area contributed by atoms with Crippen molar-refractivity contribution in [2.45, 2.75) is 38.5 Å². The summed E-state index contributed by atoms with van der Waals surface area (Å²) in [6.45, 7) is 9.36. The summed E-state index contributed by atoms with van der Waals surface area (Å²) in [4.78, 5) is 5.05. The second-order valence-corrected chi connectivity index (χ2v) is 11.2. The van der Waals surface area contributed by atoms with Gasteiger partial charge in [0, 0.05) is 28.2 Å². The fourth-order valence-corrected chi connectivity index (χ4v) is 6.86. The summed E-state index contributed by atoms with van der Waals surface area (Å²) in [6, 6.07) is 35.5. The summed E-state index contributed by atoms with van der Waals surface area (Å²) in [5.41, 5.74) is 15.6. The molecular formula is C35H29N. The molecule has 0 saturated carbocycles. The molecular weight excluding hydrogens is 434 g/mol. The molecule has 0 atom stereocenters. The molecule has 0 unspecified atom stereocenters. The van der Waals surface area contributed by atoms with Crippen molar-refractivity contribution < 1.29 is 0 Å². The van der Waals surface area contributed by atoms with Gasteiger partial charge in [0.2, 0.25) is 0 Å². The van der Waals surface area contributed by atoms with Crippen molar-refractivity contribution >= 4 is 0 Å². The third-order valence-electron chi connectivity index (χ3n) is 8.51. The molecule has 0 amide bonds. The van der Waals surface area contributed by atoms with Crippen molar-refractivity contribution in [2.24, 2.45) is 0 Å². The normalized spacial score (nSPS) is 15.7. The van der Waals surface area contributed by atoms with Crippen LogP contribution in [0.2, 0.25) is 0 Å². The van der Waals surface area contributed by atoms with Gasteiger partial charge in [-0.1, -0.05) is 119 Å². The number of hydrogen-bond acceptors (Lipinski definition) is 1. The maximum atomic E-state index is 5.05. The molecule has 36 heavy (non-hydrogen) atoms. The zero-order chi connectivity index (χ0) is 24.7. The molecule has 0 bridgehead atoms. The third kappa shape index (κ3) is 2.74. The van der Waals surface area contributed by atoms with Crippen LogP contribution in [0.4, 0.5) is 0 Å². The SMILES string of the molecule is CC1(C)c2ccccc2-c2cccc(-c3ccc(-c4cccc5c4C(C)(C)c4ccccc4-5)nc3)c21. The molecule has 1 heteroatoms. The van der Waals surface area contributed by atoms with Gasteiger partial charge in [0.25, 0.3) is 0 Å². The van der Waals surface area contributed by atoms with Crippen molar-refractivity contribution in [1.82, 2.24) is 4.98 Å². The largest absolute Gasteiger partial charge is 0.256 e. The molecule has 0 radical (unpaired) electrons. The Morgan fingerprint density at radius 3 is 1.47 bits per heavy atom. The molecule has 0 aliphatic heterocycles. The number of nitrogens with zero attached hydrogens (tertiary/aromatic N) is 1. The minimum Gasteiger partial charge on any atom is -0.256 e. The molecule has 0 N–H and O–H groups in total. The van der Waals surface area contributed by atoms with Gasteiger partial charge in [-0.05, 0) is 56.1 Å². The minimum atomic E-state index is -0.0566. The van der Waals surface area contributed by atoms with Gasteiger partial charge in [0.05, 0.1) is 5.69 Å². The first-order valence-corrected chi connectivity index (χ1v) is 12.8. The molecule has 174 valence electrons. The Balaban J connectivity index is 1.35. The lowest BCUT2D eigenvalue weighted by atomic mass is 9.78. The van der Waals surface area contributed by atoms with Gasteiger partial charge >= 0.3 is 0 Å². The lowest BCUT2D eigenvalue weighted by molar-refractivity contribution is 0.661. The summed E-state index contributed by atoms with van der Waals surface area (Å²) in [5, 5.41) is 0. The van der Waals surface area contributed by atoms with Gasteiger partial charge in [0.15, 0.2) is 0 Å². The fraction of sp³-hybridized carbons (Fsp3) is 0.171. The first-order chi connectivity index (χ1) is 17.4. The topological polar surface area (TPSA) is 12.9 Å². The molecule has 2 aliphatic carbocycles. The predicted octanol–water partition coefficient (Wildman–Crippen LogP) is 9.03. The average Bonchev–Trinajstić information content (AvgIpc) is 3.29. The van der Waals surface area contributed by atoms with Crippen LogP contribution in [-0.4, -0.2) is 4.98 Å². The van der Waals surface area contributed by atoms with E-state index in [4.69, 9.17) is 4.98 Å². The molecule has 1 aromatic heterocycles. The van der Waals surface area contributed by atoms with E-state index in [1.165, 1.54) is 61.2 Å². The highest BCUT2D eigenvalue weighted by molar-refractivity contribution is 5.89. The van der Waals surface area contributed by atoms with Crippen LogP contribution in [0.1, 0.15) is 49.9 Å². The predicted molar refractivity (Wildman–Crippen MR) is 150 cm³/mol. The highest BCUT2D eigenvalue weighted by atomic mass is 14.7. The maximum absolute atomic E-state index is 5.05. The van der Waals surface area contributed by atoms with E-state index in [9.17, 15) is 0 Å². The lowest BCUT2D eigenvalue weighted by Gasteiger charge is -2.25. The molecule has 7 rings (SSSR count). The van der Waals surface area contributed by atoms with Crippen LogP contribution < -0.4 is 0 Å². The van der Waals surface area contributed by atoms with Gasteiger partial charge in [-0.2, -0.15) is 0 Å². The standard InChI is InChI=1S/C35H29N/c1-34(2)29-17-7-5-11-24(29)26-14-9-13-23(32(26)34)22-19-20-31(36-21-22)28-16-10-15-27-25-12-6-8-18-30(25)35(3,4)33(27)28/h5-21H,1-4H3. The maximum Gasteiger partial charge on any atom is 0.0705 e. The number of pyridine rings is 1. The van der Waals surface area contributed by atoms with E-state index in [0.29, 0.717) is 0 Å². The molecule has 1 nitrogen and oxygen atoms in total. The fourth-order valence-electron chi connectivity index (χ4n) is 6.86. The molecule has 5 aromatic rings. The quantitative estimate of drug-likeness (QED) is 0.254. The highest BCUT2D eigenvalue weighted by Crippen LogP contribution is 2.53. The Labute approximate surface area is 213 Å². The van der Waals surface area contributed by atoms with Gasteiger partial charge in [0.1, 0.15) is 0 Å². The third-order valence-corrected chi connectivity index (χ3v) is 8.51. The second kappa shape index (κ2) is 7.27. The van der Waals surface area contributed by atoms with Crippen LogP contribution in [0.15, 0.2) is 103 Å². The number of aromatic nitrogens is 1. The van der Waals surface area contributed by atoms with Gasteiger partial charge in [-0.3, -0.25) is 4.98 Å². The van der Waals surface area contributed by atoms with Gasteiger partial charge in [-0.25, -0.2) is 0 Å². The van der Waals surface area contributed by atoms with Crippen molar-refractivity contribution in [3.05, 3.63) is 126 Å². The molecule has 0 saturated heterocycles. The summed E-state index contributed by atoms with van der Waals surface area (Å²) in [5.74, 6) is 0. The molecule has 4 aromatic carbocycles. The first kappa shape index (κ1) is 21.3. The van der Waals surface area contributed by atoms with E-state index in [0.717, 1.165) is 5.69 Å². The molecule has 0 fully saturated rings. The Kier molecular flexibility index (Phi) is 4.31. The van der Waals surface area contributed by atoms with Gasteiger partial charge < -0.3 is 0 Å². The Morgan fingerprint density at radius 1 is 0.444 bits per heavy atom. The molecule has 0 spiro atoms.